The first-order valence-corrected chi connectivity index (χ1v) is 9.35. The Hall–Kier alpha value is -2.74. The molecule has 2 N–H and O–H groups in total. The van der Waals surface area contributed by atoms with Crippen molar-refractivity contribution in [3.05, 3.63) is 59.1 Å². The molecular formula is C18H22N6OS. The van der Waals surface area contributed by atoms with Crippen LogP contribution in [0.1, 0.15) is 29.5 Å². The summed E-state index contributed by atoms with van der Waals surface area (Å²) >= 11 is 1.39. The maximum absolute atomic E-state index is 12.2. The highest BCUT2D eigenvalue weighted by molar-refractivity contribution is 7.15. The zero-order valence-corrected chi connectivity index (χ0v) is 15.7. The van der Waals surface area contributed by atoms with Crippen molar-refractivity contribution in [2.75, 3.05) is 5.32 Å². The smallest absolute Gasteiger partial charge is 0.321 e. The van der Waals surface area contributed by atoms with Crippen LogP contribution in [0.15, 0.2) is 43.0 Å². The van der Waals surface area contributed by atoms with Gasteiger partial charge >= 0.3 is 6.03 Å². The number of carbonyl (C=O) groups excluding carboxylic acids is 1. The minimum Gasteiger partial charge on any atom is -0.335 e. The zero-order chi connectivity index (χ0) is 18.4. The van der Waals surface area contributed by atoms with Crippen molar-refractivity contribution in [3.8, 4) is 0 Å². The fourth-order valence-corrected chi connectivity index (χ4v) is 3.27. The number of aromatic nitrogens is 4. The van der Waals surface area contributed by atoms with Crippen LogP contribution in [0.3, 0.4) is 0 Å². The van der Waals surface area contributed by atoms with Crippen LogP contribution >= 0.6 is 11.3 Å². The number of nitrogens with zero attached hydrogens (tertiary/aromatic N) is 4. The standard InChI is InChI=1S/C18H22N6OS/c1-3-15(11-24-9-8-19-12-24)20-17(25)21-18-23-22-16(26-18)10-14-6-4-13(2)5-7-14/h4-9,12,15H,3,10-11H2,1-2H3,(H2,20,21,23,25)/t15-/m1/s1. The molecule has 8 heteroatoms. The van der Waals surface area contributed by atoms with Crippen LogP contribution < -0.4 is 10.6 Å². The molecule has 0 saturated carbocycles. The molecule has 0 unspecified atom stereocenters. The molecule has 26 heavy (non-hydrogen) atoms. The summed E-state index contributed by atoms with van der Waals surface area (Å²) in [6.45, 7) is 4.77. The second kappa shape index (κ2) is 8.57. The molecule has 0 saturated heterocycles. The third-order valence-corrected chi connectivity index (χ3v) is 4.82. The number of imidazole rings is 1. The molecule has 136 valence electrons. The van der Waals surface area contributed by atoms with Crippen LogP contribution in [0.5, 0.6) is 0 Å². The lowest BCUT2D eigenvalue weighted by atomic mass is 10.1. The Kier molecular flexibility index (Phi) is 5.96. The van der Waals surface area contributed by atoms with Gasteiger partial charge in [0.25, 0.3) is 0 Å². The second-order valence-corrected chi connectivity index (χ2v) is 7.19. The molecule has 0 spiro atoms. The average molecular weight is 370 g/mol. The van der Waals surface area contributed by atoms with Crippen LogP contribution in [0.4, 0.5) is 9.93 Å². The Bertz CT molecular complexity index is 828. The molecule has 0 aliphatic carbocycles. The van der Waals surface area contributed by atoms with E-state index in [-0.39, 0.29) is 12.1 Å². The SMILES string of the molecule is CC[C@H](Cn1ccnc1)NC(=O)Nc1nnc(Cc2ccc(C)cc2)s1. The summed E-state index contributed by atoms with van der Waals surface area (Å²) in [5, 5.41) is 15.3. The monoisotopic (exact) mass is 370 g/mol. The molecule has 2 heterocycles. The number of carbonyl (C=O) groups is 1. The molecule has 2 amide bonds. The highest BCUT2D eigenvalue weighted by Gasteiger charge is 2.13. The zero-order valence-electron chi connectivity index (χ0n) is 14.8. The molecule has 0 radical (unpaired) electrons. The van der Waals surface area contributed by atoms with E-state index in [1.807, 2.05) is 17.7 Å². The van der Waals surface area contributed by atoms with Gasteiger partial charge in [0.1, 0.15) is 5.01 Å². The van der Waals surface area contributed by atoms with Crippen molar-refractivity contribution >= 4 is 22.5 Å². The molecule has 7 nitrogen and oxygen atoms in total. The maximum atomic E-state index is 12.2. The number of anilines is 1. The van der Waals surface area contributed by atoms with Gasteiger partial charge in [-0.3, -0.25) is 5.32 Å². The molecule has 0 aliphatic heterocycles. The van der Waals surface area contributed by atoms with Gasteiger partial charge in [-0.25, -0.2) is 9.78 Å². The minimum atomic E-state index is -0.269. The van der Waals surface area contributed by atoms with Gasteiger partial charge in [0, 0.05) is 31.4 Å². The number of hydrogen-bond donors (Lipinski definition) is 2. The summed E-state index contributed by atoms with van der Waals surface area (Å²) in [7, 11) is 0. The average Bonchev–Trinajstić information content (AvgIpc) is 3.28. The van der Waals surface area contributed by atoms with Gasteiger partial charge < -0.3 is 9.88 Å². The Morgan fingerprint density at radius 3 is 2.77 bits per heavy atom. The van der Waals surface area contributed by atoms with Crippen LogP contribution in [0, 0.1) is 6.92 Å². The van der Waals surface area contributed by atoms with E-state index in [4.69, 9.17) is 0 Å². The molecule has 1 atom stereocenters. The Labute approximate surface area is 156 Å². The number of hydrogen-bond acceptors (Lipinski definition) is 5. The third-order valence-electron chi connectivity index (χ3n) is 3.98. The van der Waals surface area contributed by atoms with Crippen molar-refractivity contribution in [1.29, 1.82) is 0 Å². The van der Waals surface area contributed by atoms with E-state index in [2.05, 4.69) is 57.0 Å². The summed E-state index contributed by atoms with van der Waals surface area (Å²) in [6, 6.07) is 8.07. The van der Waals surface area contributed by atoms with E-state index in [9.17, 15) is 4.79 Å². The Morgan fingerprint density at radius 2 is 2.08 bits per heavy atom. The highest BCUT2D eigenvalue weighted by Crippen LogP contribution is 2.18. The number of rotatable bonds is 7. The summed E-state index contributed by atoms with van der Waals surface area (Å²) in [5.74, 6) is 0. The van der Waals surface area contributed by atoms with Crippen molar-refractivity contribution in [1.82, 2.24) is 25.1 Å². The maximum Gasteiger partial charge on any atom is 0.321 e. The van der Waals surface area contributed by atoms with E-state index >= 15 is 0 Å². The van der Waals surface area contributed by atoms with E-state index in [0.29, 0.717) is 18.1 Å². The number of benzene rings is 1. The minimum absolute atomic E-state index is 0.0177. The molecule has 0 aliphatic rings. The number of amides is 2. The highest BCUT2D eigenvalue weighted by atomic mass is 32.1. The van der Waals surface area contributed by atoms with Crippen molar-refractivity contribution in [2.45, 2.75) is 39.3 Å². The van der Waals surface area contributed by atoms with E-state index in [1.54, 1.807) is 12.5 Å². The first-order chi connectivity index (χ1) is 12.6. The van der Waals surface area contributed by atoms with Crippen molar-refractivity contribution in [2.24, 2.45) is 0 Å². The number of urea groups is 1. The largest absolute Gasteiger partial charge is 0.335 e. The van der Waals surface area contributed by atoms with Gasteiger partial charge in [-0.2, -0.15) is 0 Å². The number of nitrogens with one attached hydrogen (secondary N) is 2. The molecule has 0 bridgehead atoms. The van der Waals surface area contributed by atoms with Gasteiger partial charge in [-0.05, 0) is 18.9 Å². The first kappa shape index (κ1) is 18.1. The molecule has 3 aromatic rings. The Morgan fingerprint density at radius 1 is 1.27 bits per heavy atom. The van der Waals surface area contributed by atoms with Crippen LogP contribution in [0.2, 0.25) is 0 Å². The molecular weight excluding hydrogens is 348 g/mol. The van der Waals surface area contributed by atoms with Crippen LogP contribution in [-0.2, 0) is 13.0 Å². The number of aryl methyl sites for hydroxylation is 1. The summed E-state index contributed by atoms with van der Waals surface area (Å²) in [5.41, 5.74) is 2.40. The molecule has 3 rings (SSSR count). The van der Waals surface area contributed by atoms with Crippen molar-refractivity contribution in [3.63, 3.8) is 0 Å². The fourth-order valence-electron chi connectivity index (χ4n) is 2.50. The van der Waals surface area contributed by atoms with Crippen LogP contribution in [-0.4, -0.2) is 31.8 Å². The van der Waals surface area contributed by atoms with E-state index < -0.39 is 0 Å². The molecule has 1 aromatic carbocycles. The predicted octanol–water partition coefficient (Wildman–Crippen LogP) is 3.23. The quantitative estimate of drug-likeness (QED) is 0.669. The first-order valence-electron chi connectivity index (χ1n) is 8.53. The van der Waals surface area contributed by atoms with E-state index in [1.165, 1.54) is 22.5 Å². The van der Waals surface area contributed by atoms with Gasteiger partial charge in [-0.1, -0.05) is 48.1 Å². The fraction of sp³-hybridized carbons (Fsp3) is 0.333. The molecule has 0 fully saturated rings. The van der Waals surface area contributed by atoms with E-state index in [0.717, 1.165) is 11.4 Å². The van der Waals surface area contributed by atoms with Gasteiger partial charge in [0.15, 0.2) is 0 Å². The van der Waals surface area contributed by atoms with Gasteiger partial charge in [0.2, 0.25) is 5.13 Å². The van der Waals surface area contributed by atoms with Gasteiger partial charge in [0.05, 0.1) is 6.33 Å². The Balaban J connectivity index is 1.52. The third kappa shape index (κ3) is 5.13. The lowest BCUT2D eigenvalue weighted by molar-refractivity contribution is 0.246. The summed E-state index contributed by atoms with van der Waals surface area (Å²) in [4.78, 5) is 16.2. The van der Waals surface area contributed by atoms with Crippen molar-refractivity contribution < 1.29 is 4.79 Å². The topological polar surface area (TPSA) is 84.7 Å². The second-order valence-electron chi connectivity index (χ2n) is 6.13. The normalized spacial score (nSPS) is 11.9. The molecule has 2 aromatic heterocycles. The van der Waals surface area contributed by atoms with Gasteiger partial charge in [-0.15, -0.1) is 10.2 Å². The lowest BCUT2D eigenvalue weighted by Gasteiger charge is -2.17. The lowest BCUT2D eigenvalue weighted by Crippen LogP contribution is -2.40. The predicted molar refractivity (Wildman–Crippen MR) is 102 cm³/mol. The summed E-state index contributed by atoms with van der Waals surface area (Å²) < 4.78 is 1.94. The van der Waals surface area contributed by atoms with Crippen LogP contribution in [0.25, 0.3) is 0 Å². The summed E-state index contributed by atoms with van der Waals surface area (Å²) in [6.07, 6.45) is 6.87.